The largest absolute Gasteiger partial charge is 0.444 e. The van der Waals surface area contributed by atoms with Crippen LogP contribution in [0.15, 0.2) is 30.3 Å². The summed E-state index contributed by atoms with van der Waals surface area (Å²) in [5, 5.41) is 0. The van der Waals surface area contributed by atoms with Gasteiger partial charge < -0.3 is 14.4 Å². The van der Waals surface area contributed by atoms with E-state index in [1.54, 1.807) is 4.90 Å². The van der Waals surface area contributed by atoms with Crippen LogP contribution in [0, 0.1) is 5.92 Å². The quantitative estimate of drug-likeness (QED) is 0.785. The minimum atomic E-state index is -0.510. The number of carbonyl (C=O) groups is 2. The predicted octanol–water partition coefficient (Wildman–Crippen LogP) is 3.23. The summed E-state index contributed by atoms with van der Waals surface area (Å²) in [7, 11) is 0. The van der Waals surface area contributed by atoms with Gasteiger partial charge in [-0.1, -0.05) is 30.3 Å². The minimum Gasteiger partial charge on any atom is -0.444 e. The first-order chi connectivity index (χ1) is 9.90. The first-order valence-electron chi connectivity index (χ1n) is 7.39. The normalized spacial score (nSPS) is 22.7. The van der Waals surface area contributed by atoms with Gasteiger partial charge in [0.1, 0.15) is 11.9 Å². The standard InChI is InChI=1S/C17H23NO3/c1-17(2,3)21-16(20)18-10-9-15(14(11-18)12-19)13-7-5-4-6-8-13/h4-8,12,14-15H,9-11H2,1-3H3. The van der Waals surface area contributed by atoms with Gasteiger partial charge in [-0.3, -0.25) is 0 Å². The number of hydrogen-bond donors (Lipinski definition) is 0. The third kappa shape index (κ3) is 4.06. The molecule has 2 atom stereocenters. The molecule has 1 fully saturated rings. The van der Waals surface area contributed by atoms with Crippen molar-refractivity contribution in [1.29, 1.82) is 0 Å². The molecule has 0 aliphatic carbocycles. The predicted molar refractivity (Wildman–Crippen MR) is 81.2 cm³/mol. The van der Waals surface area contributed by atoms with E-state index >= 15 is 0 Å². The Hall–Kier alpha value is -1.84. The smallest absolute Gasteiger partial charge is 0.410 e. The zero-order valence-electron chi connectivity index (χ0n) is 12.9. The average molecular weight is 289 g/mol. The van der Waals surface area contributed by atoms with Crippen LogP contribution in [0.2, 0.25) is 0 Å². The topological polar surface area (TPSA) is 46.6 Å². The third-order valence-electron chi connectivity index (χ3n) is 3.71. The lowest BCUT2D eigenvalue weighted by molar-refractivity contribution is -0.113. The Bertz CT molecular complexity index is 493. The summed E-state index contributed by atoms with van der Waals surface area (Å²) in [6.45, 7) is 6.59. The number of benzene rings is 1. The van der Waals surface area contributed by atoms with Crippen LogP contribution in [-0.4, -0.2) is 36.0 Å². The van der Waals surface area contributed by atoms with E-state index in [-0.39, 0.29) is 17.9 Å². The van der Waals surface area contributed by atoms with Crippen molar-refractivity contribution in [3.8, 4) is 0 Å². The number of nitrogens with zero attached hydrogens (tertiary/aromatic N) is 1. The summed E-state index contributed by atoms with van der Waals surface area (Å²) in [6, 6.07) is 10.0. The average Bonchev–Trinajstić information content (AvgIpc) is 2.45. The number of rotatable bonds is 2. The molecule has 4 nitrogen and oxygen atoms in total. The number of hydrogen-bond acceptors (Lipinski definition) is 3. The zero-order chi connectivity index (χ0) is 15.5. The van der Waals surface area contributed by atoms with E-state index < -0.39 is 5.60 Å². The Morgan fingerprint density at radius 2 is 1.95 bits per heavy atom. The first kappa shape index (κ1) is 15.5. The molecule has 1 saturated heterocycles. The van der Waals surface area contributed by atoms with Gasteiger partial charge in [-0.05, 0) is 38.7 Å². The summed E-state index contributed by atoms with van der Waals surface area (Å²) in [6.07, 6.45) is 1.42. The SMILES string of the molecule is CC(C)(C)OC(=O)N1CCC(c2ccccc2)C(C=O)C1. The molecule has 4 heteroatoms. The van der Waals surface area contributed by atoms with Crippen LogP contribution in [0.1, 0.15) is 38.7 Å². The Kier molecular flexibility index (Phi) is 4.66. The summed E-state index contributed by atoms with van der Waals surface area (Å²) in [4.78, 5) is 25.2. The van der Waals surface area contributed by atoms with Gasteiger partial charge in [0.05, 0.1) is 0 Å². The molecule has 1 aromatic carbocycles. The van der Waals surface area contributed by atoms with Crippen LogP contribution in [-0.2, 0) is 9.53 Å². The number of piperidine rings is 1. The molecular weight excluding hydrogens is 266 g/mol. The number of ether oxygens (including phenoxy) is 1. The van der Waals surface area contributed by atoms with Gasteiger partial charge in [0.15, 0.2) is 0 Å². The molecule has 1 amide bonds. The number of likely N-dealkylation sites (tertiary alicyclic amines) is 1. The summed E-state index contributed by atoms with van der Waals surface area (Å²) >= 11 is 0. The van der Waals surface area contributed by atoms with Crippen LogP contribution < -0.4 is 0 Å². The zero-order valence-corrected chi connectivity index (χ0v) is 12.9. The number of amides is 1. The van der Waals surface area contributed by atoms with Crippen molar-refractivity contribution in [3.63, 3.8) is 0 Å². The lowest BCUT2D eigenvalue weighted by Gasteiger charge is -2.37. The summed E-state index contributed by atoms with van der Waals surface area (Å²) in [5.41, 5.74) is 0.655. The van der Waals surface area contributed by atoms with Crippen LogP contribution in [0.4, 0.5) is 4.79 Å². The fourth-order valence-corrected chi connectivity index (χ4v) is 2.73. The molecular formula is C17H23NO3. The number of carbonyl (C=O) groups excluding carboxylic acids is 2. The highest BCUT2D eigenvalue weighted by Crippen LogP contribution is 2.32. The second-order valence-corrected chi connectivity index (χ2v) is 6.53. The molecule has 1 heterocycles. The van der Waals surface area contributed by atoms with Gasteiger partial charge in [0.2, 0.25) is 0 Å². The summed E-state index contributed by atoms with van der Waals surface area (Å²) < 4.78 is 5.38. The van der Waals surface area contributed by atoms with Gasteiger partial charge in [-0.2, -0.15) is 0 Å². The Morgan fingerprint density at radius 3 is 2.52 bits per heavy atom. The van der Waals surface area contributed by atoms with E-state index in [1.807, 2.05) is 51.1 Å². The molecule has 0 N–H and O–H groups in total. The van der Waals surface area contributed by atoms with Crippen molar-refractivity contribution in [2.24, 2.45) is 5.92 Å². The molecule has 21 heavy (non-hydrogen) atoms. The van der Waals surface area contributed by atoms with Crippen LogP contribution in [0.5, 0.6) is 0 Å². The molecule has 0 radical (unpaired) electrons. The van der Waals surface area contributed by atoms with Crippen molar-refractivity contribution < 1.29 is 14.3 Å². The first-order valence-corrected chi connectivity index (χ1v) is 7.39. The van der Waals surface area contributed by atoms with Gasteiger partial charge in [0, 0.05) is 19.0 Å². The fourth-order valence-electron chi connectivity index (χ4n) is 2.73. The Balaban J connectivity index is 2.05. The molecule has 0 saturated carbocycles. The minimum absolute atomic E-state index is 0.173. The van der Waals surface area contributed by atoms with Crippen molar-refractivity contribution in [1.82, 2.24) is 4.90 Å². The van der Waals surface area contributed by atoms with Crippen molar-refractivity contribution in [2.75, 3.05) is 13.1 Å². The molecule has 0 spiro atoms. The van der Waals surface area contributed by atoms with Gasteiger partial charge in [-0.15, -0.1) is 0 Å². The maximum absolute atomic E-state index is 12.1. The van der Waals surface area contributed by atoms with Crippen molar-refractivity contribution >= 4 is 12.4 Å². The van der Waals surface area contributed by atoms with E-state index in [1.165, 1.54) is 5.56 Å². The molecule has 0 bridgehead atoms. The van der Waals surface area contributed by atoms with Gasteiger partial charge >= 0.3 is 6.09 Å². The number of aldehydes is 1. The monoisotopic (exact) mass is 289 g/mol. The molecule has 1 aromatic rings. The van der Waals surface area contributed by atoms with E-state index in [9.17, 15) is 9.59 Å². The third-order valence-corrected chi connectivity index (χ3v) is 3.71. The highest BCUT2D eigenvalue weighted by molar-refractivity contribution is 5.69. The highest BCUT2D eigenvalue weighted by Gasteiger charge is 2.33. The molecule has 114 valence electrons. The second kappa shape index (κ2) is 6.29. The maximum atomic E-state index is 12.1. The van der Waals surface area contributed by atoms with E-state index in [0.717, 1.165) is 12.7 Å². The van der Waals surface area contributed by atoms with Gasteiger partial charge in [-0.25, -0.2) is 4.79 Å². The molecule has 1 aliphatic rings. The summed E-state index contributed by atoms with van der Waals surface area (Å²) in [5.74, 6) is 0.0102. The lowest BCUT2D eigenvalue weighted by atomic mass is 9.81. The van der Waals surface area contributed by atoms with Crippen molar-refractivity contribution in [3.05, 3.63) is 35.9 Å². The second-order valence-electron chi connectivity index (χ2n) is 6.53. The van der Waals surface area contributed by atoms with Gasteiger partial charge in [0.25, 0.3) is 0 Å². The van der Waals surface area contributed by atoms with E-state index in [2.05, 4.69) is 0 Å². The molecule has 2 rings (SSSR count). The highest BCUT2D eigenvalue weighted by atomic mass is 16.6. The van der Waals surface area contributed by atoms with E-state index in [0.29, 0.717) is 13.1 Å². The molecule has 0 aromatic heterocycles. The van der Waals surface area contributed by atoms with Crippen LogP contribution in [0.25, 0.3) is 0 Å². The van der Waals surface area contributed by atoms with Crippen LogP contribution >= 0.6 is 0 Å². The lowest BCUT2D eigenvalue weighted by Crippen LogP contribution is -2.45. The van der Waals surface area contributed by atoms with E-state index in [4.69, 9.17) is 4.74 Å². The van der Waals surface area contributed by atoms with Crippen LogP contribution in [0.3, 0.4) is 0 Å². The maximum Gasteiger partial charge on any atom is 0.410 e. The fraction of sp³-hybridized carbons (Fsp3) is 0.529. The Labute approximate surface area is 126 Å². The Morgan fingerprint density at radius 1 is 1.29 bits per heavy atom. The van der Waals surface area contributed by atoms with Crippen molar-refractivity contribution in [2.45, 2.75) is 38.7 Å². The molecule has 2 unspecified atom stereocenters. The molecule has 1 aliphatic heterocycles.